The van der Waals surface area contributed by atoms with Crippen LogP contribution in [0.15, 0.2) is 24.3 Å². The van der Waals surface area contributed by atoms with Gasteiger partial charge in [0.2, 0.25) is 5.91 Å². The van der Waals surface area contributed by atoms with Crippen molar-refractivity contribution in [1.82, 2.24) is 0 Å². The Morgan fingerprint density at radius 1 is 1.32 bits per heavy atom. The van der Waals surface area contributed by atoms with E-state index in [0.717, 1.165) is 30.5 Å². The average Bonchev–Trinajstić information content (AvgIpc) is 2.78. The van der Waals surface area contributed by atoms with E-state index in [2.05, 4.69) is 5.32 Å². The number of hydrogen-bond acceptors (Lipinski definition) is 3. The number of nitrogens with two attached hydrogens (primary N) is 1. The minimum atomic E-state index is -0.0536. The van der Waals surface area contributed by atoms with Gasteiger partial charge in [0.25, 0.3) is 0 Å². The molecule has 0 saturated heterocycles. The van der Waals surface area contributed by atoms with E-state index in [4.69, 9.17) is 10.8 Å². The van der Waals surface area contributed by atoms with E-state index in [1.165, 1.54) is 0 Å². The standard InChI is InChI=1S/C14H20N2O2.ClH/c15-13-3-1-2-12(13)14(18)16-11-6-4-10(5-7-11)8-9-17;/h4-7,12-13,17H,1-3,8-9,15H2,(H,16,18);1H. The molecule has 5 heteroatoms. The molecule has 0 radical (unpaired) electrons. The number of nitrogens with one attached hydrogen (secondary N) is 1. The maximum atomic E-state index is 12.0. The molecule has 1 amide bonds. The molecule has 1 aromatic rings. The number of anilines is 1. The van der Waals surface area contributed by atoms with Gasteiger partial charge in [-0.2, -0.15) is 0 Å². The summed E-state index contributed by atoms with van der Waals surface area (Å²) < 4.78 is 0. The lowest BCUT2D eigenvalue weighted by atomic mass is 10.0. The van der Waals surface area contributed by atoms with Crippen molar-refractivity contribution >= 4 is 24.0 Å². The second kappa shape index (κ2) is 7.48. The third-order valence-electron chi connectivity index (χ3n) is 3.53. The van der Waals surface area contributed by atoms with Gasteiger partial charge in [0.15, 0.2) is 0 Å². The number of rotatable bonds is 4. The molecule has 19 heavy (non-hydrogen) atoms. The van der Waals surface area contributed by atoms with Crippen LogP contribution in [-0.2, 0) is 11.2 Å². The maximum absolute atomic E-state index is 12.0. The highest BCUT2D eigenvalue weighted by Crippen LogP contribution is 2.25. The van der Waals surface area contributed by atoms with Crippen LogP contribution in [0.1, 0.15) is 24.8 Å². The number of hydrogen-bond donors (Lipinski definition) is 3. The van der Waals surface area contributed by atoms with Crippen LogP contribution < -0.4 is 11.1 Å². The number of carbonyl (C=O) groups excluding carboxylic acids is 1. The summed E-state index contributed by atoms with van der Waals surface area (Å²) in [6, 6.07) is 7.56. The van der Waals surface area contributed by atoms with Crippen LogP contribution in [0.25, 0.3) is 0 Å². The largest absolute Gasteiger partial charge is 0.396 e. The molecule has 106 valence electrons. The van der Waals surface area contributed by atoms with Crippen molar-refractivity contribution in [3.05, 3.63) is 29.8 Å². The smallest absolute Gasteiger partial charge is 0.229 e. The zero-order valence-electron chi connectivity index (χ0n) is 10.8. The van der Waals surface area contributed by atoms with E-state index in [-0.39, 0.29) is 36.9 Å². The van der Waals surface area contributed by atoms with Crippen LogP contribution in [0.5, 0.6) is 0 Å². The Kier molecular flexibility index (Phi) is 6.28. The van der Waals surface area contributed by atoms with Crippen LogP contribution in [-0.4, -0.2) is 23.7 Å². The summed E-state index contributed by atoms with van der Waals surface area (Å²) in [4.78, 5) is 12.0. The summed E-state index contributed by atoms with van der Waals surface area (Å²) in [7, 11) is 0. The third-order valence-corrected chi connectivity index (χ3v) is 3.53. The average molecular weight is 285 g/mol. The molecule has 1 fully saturated rings. The SMILES string of the molecule is Cl.NC1CCCC1C(=O)Nc1ccc(CCO)cc1. The summed E-state index contributed by atoms with van der Waals surface area (Å²) in [5.41, 5.74) is 7.76. The highest BCUT2D eigenvalue weighted by molar-refractivity contribution is 5.93. The minimum absolute atomic E-state index is 0. The van der Waals surface area contributed by atoms with Crippen LogP contribution >= 0.6 is 12.4 Å². The molecule has 4 N–H and O–H groups in total. The van der Waals surface area contributed by atoms with Crippen molar-refractivity contribution in [2.75, 3.05) is 11.9 Å². The fraction of sp³-hybridized carbons (Fsp3) is 0.500. The summed E-state index contributed by atoms with van der Waals surface area (Å²) in [6.45, 7) is 0.142. The van der Waals surface area contributed by atoms with Crippen LogP contribution in [0.2, 0.25) is 0 Å². The topological polar surface area (TPSA) is 75.4 Å². The van der Waals surface area contributed by atoms with Crippen molar-refractivity contribution in [1.29, 1.82) is 0 Å². The lowest BCUT2D eigenvalue weighted by molar-refractivity contribution is -0.120. The molecule has 2 atom stereocenters. The minimum Gasteiger partial charge on any atom is -0.396 e. The van der Waals surface area contributed by atoms with Crippen molar-refractivity contribution < 1.29 is 9.90 Å². The normalized spacial score (nSPS) is 21.8. The van der Waals surface area contributed by atoms with E-state index < -0.39 is 0 Å². The number of amides is 1. The molecule has 4 nitrogen and oxygen atoms in total. The van der Waals surface area contributed by atoms with Gasteiger partial charge in [-0.15, -0.1) is 12.4 Å². The lowest BCUT2D eigenvalue weighted by Gasteiger charge is -2.15. The summed E-state index contributed by atoms with van der Waals surface area (Å²) in [5.74, 6) is -0.0305. The first kappa shape index (κ1) is 16.0. The van der Waals surface area contributed by atoms with E-state index in [1.54, 1.807) is 0 Å². The number of carbonyl (C=O) groups is 1. The zero-order valence-corrected chi connectivity index (χ0v) is 11.7. The Balaban J connectivity index is 0.00000180. The fourth-order valence-corrected chi connectivity index (χ4v) is 2.43. The van der Waals surface area contributed by atoms with Gasteiger partial charge < -0.3 is 16.2 Å². The molecule has 2 unspecified atom stereocenters. The highest BCUT2D eigenvalue weighted by atomic mass is 35.5. The molecular weight excluding hydrogens is 264 g/mol. The van der Waals surface area contributed by atoms with Gasteiger partial charge in [-0.25, -0.2) is 0 Å². The Morgan fingerprint density at radius 3 is 2.53 bits per heavy atom. The van der Waals surface area contributed by atoms with Crippen LogP contribution in [0, 0.1) is 5.92 Å². The van der Waals surface area contributed by atoms with E-state index in [0.29, 0.717) is 6.42 Å². The van der Waals surface area contributed by atoms with Gasteiger partial charge in [0, 0.05) is 18.3 Å². The van der Waals surface area contributed by atoms with Gasteiger partial charge in [-0.3, -0.25) is 4.79 Å². The molecule has 2 rings (SSSR count). The summed E-state index contributed by atoms with van der Waals surface area (Å²) in [6.07, 6.45) is 3.50. The molecule has 0 bridgehead atoms. The number of aliphatic hydroxyl groups is 1. The first-order valence-electron chi connectivity index (χ1n) is 6.47. The molecule has 0 aromatic heterocycles. The first-order valence-corrected chi connectivity index (χ1v) is 6.47. The highest BCUT2D eigenvalue weighted by Gasteiger charge is 2.30. The predicted octanol–water partition coefficient (Wildman–Crippen LogP) is 1.71. The number of benzene rings is 1. The van der Waals surface area contributed by atoms with Gasteiger partial charge in [-0.05, 0) is 37.0 Å². The predicted molar refractivity (Wildman–Crippen MR) is 78.4 cm³/mol. The Labute approximate surface area is 119 Å². The fourth-order valence-electron chi connectivity index (χ4n) is 2.43. The van der Waals surface area contributed by atoms with Gasteiger partial charge in [0.1, 0.15) is 0 Å². The molecule has 0 aliphatic heterocycles. The molecule has 1 aliphatic rings. The van der Waals surface area contributed by atoms with E-state index >= 15 is 0 Å². The van der Waals surface area contributed by atoms with Crippen molar-refractivity contribution in [3.63, 3.8) is 0 Å². The molecule has 1 saturated carbocycles. The quantitative estimate of drug-likeness (QED) is 0.788. The van der Waals surface area contributed by atoms with Crippen LogP contribution in [0.4, 0.5) is 5.69 Å². The third kappa shape index (κ3) is 4.20. The number of halogens is 1. The molecule has 0 heterocycles. The van der Waals surface area contributed by atoms with Gasteiger partial charge in [-0.1, -0.05) is 18.6 Å². The Morgan fingerprint density at radius 2 is 2.00 bits per heavy atom. The van der Waals surface area contributed by atoms with Gasteiger partial charge in [0.05, 0.1) is 5.92 Å². The van der Waals surface area contributed by atoms with Crippen molar-refractivity contribution in [2.45, 2.75) is 31.7 Å². The zero-order chi connectivity index (χ0) is 13.0. The van der Waals surface area contributed by atoms with Crippen molar-refractivity contribution in [3.8, 4) is 0 Å². The summed E-state index contributed by atoms with van der Waals surface area (Å²) >= 11 is 0. The van der Waals surface area contributed by atoms with Gasteiger partial charge >= 0.3 is 0 Å². The second-order valence-corrected chi connectivity index (χ2v) is 4.86. The van der Waals surface area contributed by atoms with Crippen molar-refractivity contribution in [2.24, 2.45) is 11.7 Å². The molecular formula is C14H21ClN2O2. The number of aliphatic hydroxyl groups excluding tert-OH is 1. The Hall–Kier alpha value is -1.10. The van der Waals surface area contributed by atoms with Crippen LogP contribution in [0.3, 0.4) is 0 Å². The second-order valence-electron chi connectivity index (χ2n) is 4.86. The summed E-state index contributed by atoms with van der Waals surface area (Å²) in [5, 5.41) is 11.7. The Bertz CT molecular complexity index is 408. The molecule has 1 aliphatic carbocycles. The molecule has 0 spiro atoms. The molecule has 1 aromatic carbocycles. The maximum Gasteiger partial charge on any atom is 0.229 e. The van der Waals surface area contributed by atoms with E-state index in [9.17, 15) is 4.79 Å². The monoisotopic (exact) mass is 284 g/mol. The first-order chi connectivity index (χ1) is 8.70. The lowest BCUT2D eigenvalue weighted by Crippen LogP contribution is -2.34. The van der Waals surface area contributed by atoms with E-state index in [1.807, 2.05) is 24.3 Å².